The molecule has 0 atom stereocenters. The third kappa shape index (κ3) is 3.22. The van der Waals surface area contributed by atoms with Crippen molar-refractivity contribution in [3.05, 3.63) is 57.5 Å². The predicted molar refractivity (Wildman–Crippen MR) is 110 cm³/mol. The number of carboxylic acid groups (broad SMARTS) is 1. The van der Waals surface area contributed by atoms with Crippen molar-refractivity contribution >= 4 is 5.97 Å². The largest absolute Gasteiger partial charge is 0.492 e. The van der Waals surface area contributed by atoms with Gasteiger partial charge in [0.15, 0.2) is 5.43 Å². The average molecular weight is 393 g/mol. The van der Waals surface area contributed by atoms with Gasteiger partial charge >= 0.3 is 5.97 Å². The van der Waals surface area contributed by atoms with Crippen molar-refractivity contribution in [1.82, 2.24) is 14.8 Å². The highest BCUT2D eigenvalue weighted by Crippen LogP contribution is 2.44. The van der Waals surface area contributed by atoms with Crippen LogP contribution < -0.4 is 10.2 Å². The number of rotatable bonds is 2. The summed E-state index contributed by atoms with van der Waals surface area (Å²) >= 11 is 0. The summed E-state index contributed by atoms with van der Waals surface area (Å²) in [7, 11) is 0. The van der Waals surface area contributed by atoms with E-state index in [0.717, 1.165) is 41.1 Å². The fraction of sp³-hybridized carbons (Fsp3) is 0.318. The van der Waals surface area contributed by atoms with Crippen LogP contribution in [0.1, 0.15) is 41.8 Å². The fourth-order valence-electron chi connectivity index (χ4n) is 3.95. The summed E-state index contributed by atoms with van der Waals surface area (Å²) in [4.78, 5) is 23.5. The number of ether oxygens (including phenoxy) is 1. The van der Waals surface area contributed by atoms with E-state index in [1.54, 1.807) is 6.20 Å². The van der Waals surface area contributed by atoms with Gasteiger partial charge in [-0.2, -0.15) is 5.10 Å². The number of carbonyl (C=O) groups is 1. The van der Waals surface area contributed by atoms with Crippen molar-refractivity contribution in [2.45, 2.75) is 39.7 Å². The molecule has 7 heteroatoms. The molecule has 2 aliphatic rings. The minimum atomic E-state index is -1.20. The zero-order valence-electron chi connectivity index (χ0n) is 16.5. The van der Waals surface area contributed by atoms with Crippen molar-refractivity contribution in [2.75, 3.05) is 6.61 Å². The molecule has 2 aliphatic heterocycles. The maximum absolute atomic E-state index is 12.3. The molecule has 0 aliphatic carbocycles. The lowest BCUT2D eigenvalue weighted by Gasteiger charge is -2.25. The van der Waals surface area contributed by atoms with Crippen LogP contribution in [-0.2, 0) is 19.4 Å². The van der Waals surface area contributed by atoms with Crippen molar-refractivity contribution in [3.63, 3.8) is 0 Å². The van der Waals surface area contributed by atoms with Crippen molar-refractivity contribution in [2.24, 2.45) is 0 Å². The van der Waals surface area contributed by atoms with Gasteiger partial charge in [0.2, 0.25) is 0 Å². The Morgan fingerprint density at radius 2 is 2.03 bits per heavy atom. The number of aromatic amines is 1. The summed E-state index contributed by atoms with van der Waals surface area (Å²) in [5.74, 6) is -0.317. The molecule has 2 N–H and O–H groups in total. The summed E-state index contributed by atoms with van der Waals surface area (Å²) in [6, 6.07) is 5.32. The summed E-state index contributed by atoms with van der Waals surface area (Å²) in [6.45, 7) is 5.52. The quantitative estimate of drug-likeness (QED) is 0.694. The molecule has 0 bridgehead atoms. The molecule has 150 valence electrons. The maximum Gasteiger partial charge on any atom is 0.341 e. The highest BCUT2D eigenvalue weighted by atomic mass is 16.5. The first-order chi connectivity index (χ1) is 14.0. The number of nitrogens with zero attached hydrogens (tertiary/aromatic N) is 2. The Morgan fingerprint density at radius 3 is 2.72 bits per heavy atom. The molecule has 0 unspecified atom stereocenters. The number of aryl methyl sites for hydroxylation is 1. The van der Waals surface area contributed by atoms with Crippen LogP contribution in [-0.4, -0.2) is 32.4 Å². The Morgan fingerprint density at radius 1 is 1.24 bits per heavy atom. The Kier molecular flexibility index (Phi) is 4.96. The second kappa shape index (κ2) is 7.58. The molecular formula is C22H23N3O4. The van der Waals surface area contributed by atoms with Gasteiger partial charge in [-0.05, 0) is 24.1 Å². The number of carboxylic acids is 1. The molecule has 0 amide bonds. The standard InChI is InChI=1S/C19H15N3O4.C3H8/c23-17-8-16-12-7-13(15-1-4-20-21-15)18-11(3-6-26-18)10(12)2-5-22(16)9-14(17)19(24)25;1-3-2/h1,4,7-9H,2-3,5-6H2,(H,20,21)(H,24,25);3H2,1-2H3. The second-order valence-electron chi connectivity index (χ2n) is 7.22. The van der Waals surface area contributed by atoms with Crippen LogP contribution in [0.5, 0.6) is 5.75 Å². The average Bonchev–Trinajstić information content (AvgIpc) is 3.39. The van der Waals surface area contributed by atoms with E-state index in [4.69, 9.17) is 4.74 Å². The van der Waals surface area contributed by atoms with Gasteiger partial charge in [0, 0.05) is 48.1 Å². The van der Waals surface area contributed by atoms with Crippen molar-refractivity contribution in [3.8, 4) is 28.3 Å². The molecule has 0 saturated carbocycles. The molecule has 1 aromatic carbocycles. The Labute approximate surface area is 168 Å². The number of benzene rings is 1. The Bertz CT molecular complexity index is 1130. The van der Waals surface area contributed by atoms with Crippen LogP contribution in [0.3, 0.4) is 0 Å². The lowest BCUT2D eigenvalue weighted by molar-refractivity contribution is 0.0694. The SMILES string of the molecule is CCC.O=C(O)c1cn2c(cc1=O)-c1cc(-c3ccn[nH]3)c3c(c1CC2)CCO3. The first-order valence-corrected chi connectivity index (χ1v) is 9.84. The van der Waals surface area contributed by atoms with E-state index in [9.17, 15) is 14.7 Å². The lowest BCUT2D eigenvalue weighted by atomic mass is 9.88. The van der Waals surface area contributed by atoms with Gasteiger partial charge in [0.05, 0.1) is 18.0 Å². The number of aromatic carboxylic acids is 1. The molecule has 29 heavy (non-hydrogen) atoms. The third-order valence-electron chi connectivity index (χ3n) is 5.12. The molecule has 7 nitrogen and oxygen atoms in total. The van der Waals surface area contributed by atoms with Crippen molar-refractivity contribution in [1.29, 1.82) is 0 Å². The number of pyridine rings is 1. The van der Waals surface area contributed by atoms with Crippen LogP contribution in [0, 0.1) is 0 Å². The van der Waals surface area contributed by atoms with Gasteiger partial charge in [-0.25, -0.2) is 4.79 Å². The van der Waals surface area contributed by atoms with Gasteiger partial charge < -0.3 is 14.4 Å². The third-order valence-corrected chi connectivity index (χ3v) is 5.12. The molecule has 0 saturated heterocycles. The molecule has 5 rings (SSSR count). The van der Waals surface area contributed by atoms with Gasteiger partial charge in [-0.3, -0.25) is 9.89 Å². The van der Waals surface area contributed by atoms with E-state index >= 15 is 0 Å². The monoisotopic (exact) mass is 393 g/mol. The van der Waals surface area contributed by atoms with Crippen LogP contribution in [0.2, 0.25) is 0 Å². The zero-order chi connectivity index (χ0) is 20.5. The second-order valence-corrected chi connectivity index (χ2v) is 7.22. The Balaban J connectivity index is 0.000000645. The molecule has 4 heterocycles. The minimum absolute atomic E-state index is 0.199. The van der Waals surface area contributed by atoms with E-state index in [1.165, 1.54) is 29.8 Å². The van der Waals surface area contributed by atoms with Crippen molar-refractivity contribution < 1.29 is 14.6 Å². The molecule has 0 spiro atoms. The van der Waals surface area contributed by atoms with E-state index in [0.29, 0.717) is 13.2 Å². The van der Waals surface area contributed by atoms with E-state index in [-0.39, 0.29) is 5.56 Å². The predicted octanol–water partition coefficient (Wildman–Crippen LogP) is 3.51. The number of nitrogens with one attached hydrogen (secondary N) is 1. The number of H-pyrrole nitrogens is 1. The van der Waals surface area contributed by atoms with Gasteiger partial charge in [-0.15, -0.1) is 0 Å². The van der Waals surface area contributed by atoms with Crippen LogP contribution in [0.15, 0.2) is 35.4 Å². The normalized spacial score (nSPS) is 13.4. The highest BCUT2D eigenvalue weighted by Gasteiger charge is 2.28. The van der Waals surface area contributed by atoms with Gasteiger partial charge in [0.1, 0.15) is 11.3 Å². The van der Waals surface area contributed by atoms with E-state index < -0.39 is 11.4 Å². The number of hydrogen-bond donors (Lipinski definition) is 2. The van der Waals surface area contributed by atoms with Crippen LogP contribution in [0.4, 0.5) is 0 Å². The highest BCUT2D eigenvalue weighted by molar-refractivity contribution is 5.88. The number of hydrogen-bond acceptors (Lipinski definition) is 4. The maximum atomic E-state index is 12.3. The topological polar surface area (TPSA) is 97.2 Å². The first kappa shape index (κ1) is 19.0. The van der Waals surface area contributed by atoms with Gasteiger partial charge in [-0.1, -0.05) is 20.3 Å². The molecular weight excluding hydrogens is 370 g/mol. The summed E-state index contributed by atoms with van der Waals surface area (Å²) in [6.07, 6.45) is 5.99. The lowest BCUT2D eigenvalue weighted by Crippen LogP contribution is -2.22. The Hall–Kier alpha value is -3.35. The molecule has 0 radical (unpaired) electrons. The van der Waals surface area contributed by atoms with Crippen LogP contribution in [0.25, 0.3) is 22.5 Å². The fourth-order valence-corrected chi connectivity index (χ4v) is 3.95. The summed E-state index contributed by atoms with van der Waals surface area (Å²) in [5.41, 5.74) is 5.16. The molecule has 0 fully saturated rings. The van der Waals surface area contributed by atoms with E-state index in [1.807, 2.05) is 16.7 Å². The number of aromatic nitrogens is 3. The van der Waals surface area contributed by atoms with E-state index in [2.05, 4.69) is 24.0 Å². The minimum Gasteiger partial charge on any atom is -0.492 e. The zero-order valence-corrected chi connectivity index (χ0v) is 16.5. The first-order valence-electron chi connectivity index (χ1n) is 9.84. The smallest absolute Gasteiger partial charge is 0.341 e. The summed E-state index contributed by atoms with van der Waals surface area (Å²) < 4.78 is 7.74. The molecule has 2 aromatic heterocycles. The van der Waals surface area contributed by atoms with Crippen LogP contribution >= 0.6 is 0 Å². The molecule has 3 aromatic rings. The summed E-state index contributed by atoms with van der Waals surface area (Å²) in [5, 5.41) is 16.2. The van der Waals surface area contributed by atoms with Gasteiger partial charge in [0.25, 0.3) is 0 Å². The number of fused-ring (bicyclic) bond motifs is 5.